The summed E-state index contributed by atoms with van der Waals surface area (Å²) in [5.41, 5.74) is 0.244. The van der Waals surface area contributed by atoms with Crippen LogP contribution in [0.5, 0.6) is 0 Å². The summed E-state index contributed by atoms with van der Waals surface area (Å²) in [6.45, 7) is 0. The van der Waals surface area contributed by atoms with Crippen LogP contribution in [0.3, 0.4) is 0 Å². The molecule has 0 aliphatic heterocycles. The first-order chi connectivity index (χ1) is 6.09. The molecule has 0 spiro atoms. The van der Waals surface area contributed by atoms with Crippen molar-refractivity contribution in [3.05, 3.63) is 34.9 Å². The van der Waals surface area contributed by atoms with Gasteiger partial charge in [0.1, 0.15) is 0 Å². The van der Waals surface area contributed by atoms with E-state index in [9.17, 15) is 13.6 Å². The van der Waals surface area contributed by atoms with Crippen molar-refractivity contribution in [3.63, 3.8) is 0 Å². The van der Waals surface area contributed by atoms with E-state index >= 15 is 0 Å². The van der Waals surface area contributed by atoms with Crippen LogP contribution in [0.4, 0.5) is 0 Å². The summed E-state index contributed by atoms with van der Waals surface area (Å²) < 4.78 is 21.9. The Hall–Kier alpha value is -0.910. The molecule has 0 bridgehead atoms. The highest BCUT2D eigenvalue weighted by Crippen LogP contribution is 2.09. The number of hydrogen-bond acceptors (Lipinski definition) is 3. The van der Waals surface area contributed by atoms with Crippen LogP contribution in [-0.4, -0.2) is 14.7 Å². The fraction of sp³-hybridized carbons (Fsp3) is 0. The number of halogens is 1. The van der Waals surface area contributed by atoms with E-state index < -0.39 is 17.2 Å². The van der Waals surface area contributed by atoms with E-state index in [-0.39, 0.29) is 5.56 Å². The number of hydrogen-bond donors (Lipinski definition) is 1. The molecule has 0 aliphatic rings. The van der Waals surface area contributed by atoms with Crippen molar-refractivity contribution in [1.29, 1.82) is 0 Å². The molecule has 1 aromatic rings. The Morgan fingerprint density at radius 1 is 1.38 bits per heavy atom. The Balaban J connectivity index is 2.78. The quantitative estimate of drug-likeness (QED) is 0.749. The van der Waals surface area contributed by atoms with Gasteiger partial charge in [-0.3, -0.25) is 13.7 Å². The molecule has 0 saturated heterocycles. The molecule has 1 rings (SSSR count). The van der Waals surface area contributed by atoms with Crippen molar-refractivity contribution in [3.8, 4) is 0 Å². The van der Waals surface area contributed by atoms with Gasteiger partial charge in [-0.2, -0.15) is 0 Å². The lowest BCUT2D eigenvalue weighted by atomic mass is 10.2. The molecule has 6 heteroatoms. The first-order valence-corrected chi connectivity index (χ1v) is 4.70. The van der Waals surface area contributed by atoms with Crippen molar-refractivity contribution in [2.24, 2.45) is 0 Å². The first-order valence-electron chi connectivity index (χ1n) is 3.25. The van der Waals surface area contributed by atoms with Gasteiger partial charge in [-0.05, 0) is 24.3 Å². The molecule has 0 aliphatic carbocycles. The van der Waals surface area contributed by atoms with Crippen molar-refractivity contribution >= 4 is 28.8 Å². The van der Waals surface area contributed by atoms with Gasteiger partial charge in [0, 0.05) is 21.9 Å². The van der Waals surface area contributed by atoms with Gasteiger partial charge in [0.25, 0.3) is 5.91 Å². The highest BCUT2D eigenvalue weighted by Gasteiger charge is 2.03. The van der Waals surface area contributed by atoms with Gasteiger partial charge in [0.2, 0.25) is 0 Å². The number of amides is 1. The van der Waals surface area contributed by atoms with Crippen LogP contribution in [0.25, 0.3) is 0 Å². The zero-order valence-electron chi connectivity index (χ0n) is 6.32. The minimum absolute atomic E-state index is 0.244. The normalized spacial score (nSPS) is 12.2. The molecule has 0 fully saturated rings. The number of nitrogens with one attached hydrogen (secondary N) is 1. The Bertz CT molecular complexity index is 338. The van der Waals surface area contributed by atoms with Gasteiger partial charge in [-0.15, -0.1) is 0 Å². The van der Waals surface area contributed by atoms with Gasteiger partial charge < -0.3 is 4.55 Å². The SMILES string of the molecule is O=C(NS(=O)[O-])c1ccc(Cl)cc1. The topological polar surface area (TPSA) is 69.2 Å². The molecule has 1 amide bonds. The van der Waals surface area contributed by atoms with E-state index in [4.69, 9.17) is 11.6 Å². The van der Waals surface area contributed by atoms with E-state index in [1.54, 1.807) is 4.72 Å². The second kappa shape index (κ2) is 4.36. The smallest absolute Gasteiger partial charge is 0.262 e. The molecular formula is C7H5ClNO3S-. The average molecular weight is 219 g/mol. The molecule has 13 heavy (non-hydrogen) atoms. The minimum atomic E-state index is -2.58. The molecule has 70 valence electrons. The predicted molar refractivity (Wildman–Crippen MR) is 47.8 cm³/mol. The Labute approximate surface area is 82.3 Å². The highest BCUT2D eigenvalue weighted by molar-refractivity contribution is 7.77. The second-order valence-electron chi connectivity index (χ2n) is 2.17. The lowest BCUT2D eigenvalue weighted by molar-refractivity contribution is 0.0980. The molecular weight excluding hydrogens is 214 g/mol. The fourth-order valence-electron chi connectivity index (χ4n) is 0.736. The number of carbonyl (C=O) groups excluding carboxylic acids is 1. The van der Waals surface area contributed by atoms with E-state index in [1.807, 2.05) is 0 Å². The molecule has 1 N–H and O–H groups in total. The van der Waals surface area contributed by atoms with Crippen LogP contribution < -0.4 is 4.72 Å². The number of carbonyl (C=O) groups is 1. The fourth-order valence-corrected chi connectivity index (χ4v) is 1.13. The third kappa shape index (κ3) is 3.14. The summed E-state index contributed by atoms with van der Waals surface area (Å²) >= 11 is 2.98. The van der Waals surface area contributed by atoms with Crippen molar-refractivity contribution in [2.45, 2.75) is 0 Å². The lowest BCUT2D eigenvalue weighted by Gasteiger charge is -2.06. The van der Waals surface area contributed by atoms with E-state index in [1.165, 1.54) is 24.3 Å². The van der Waals surface area contributed by atoms with Crippen molar-refractivity contribution in [1.82, 2.24) is 4.72 Å². The first kappa shape index (κ1) is 10.2. The summed E-state index contributed by atoms with van der Waals surface area (Å²) in [5, 5.41) is 0.486. The van der Waals surface area contributed by atoms with Crippen LogP contribution in [-0.2, 0) is 11.3 Å². The van der Waals surface area contributed by atoms with Gasteiger partial charge in [0.15, 0.2) is 0 Å². The second-order valence-corrected chi connectivity index (χ2v) is 3.28. The van der Waals surface area contributed by atoms with Crippen LogP contribution in [0.15, 0.2) is 24.3 Å². The lowest BCUT2D eigenvalue weighted by Crippen LogP contribution is -2.24. The largest absolute Gasteiger partial charge is 0.755 e. The average Bonchev–Trinajstić information content (AvgIpc) is 2.04. The van der Waals surface area contributed by atoms with Crippen LogP contribution in [0.1, 0.15) is 10.4 Å². The van der Waals surface area contributed by atoms with Crippen molar-refractivity contribution in [2.75, 3.05) is 0 Å². The molecule has 0 heterocycles. The monoisotopic (exact) mass is 218 g/mol. The molecule has 4 nitrogen and oxygen atoms in total. The maximum Gasteiger partial charge on any atom is 0.262 e. The molecule has 0 saturated carbocycles. The molecule has 1 atom stereocenters. The van der Waals surface area contributed by atoms with Crippen LogP contribution in [0, 0.1) is 0 Å². The zero-order valence-corrected chi connectivity index (χ0v) is 7.89. The van der Waals surface area contributed by atoms with Gasteiger partial charge in [0.05, 0.1) is 0 Å². The van der Waals surface area contributed by atoms with Crippen LogP contribution in [0.2, 0.25) is 5.02 Å². The molecule has 0 radical (unpaired) electrons. The maximum atomic E-state index is 11.0. The third-order valence-corrected chi connectivity index (χ3v) is 1.89. The van der Waals surface area contributed by atoms with Crippen molar-refractivity contribution < 1.29 is 13.6 Å². The Morgan fingerprint density at radius 3 is 2.38 bits per heavy atom. The summed E-state index contributed by atoms with van der Waals surface area (Å²) in [7, 11) is 0. The third-order valence-electron chi connectivity index (χ3n) is 1.28. The van der Waals surface area contributed by atoms with E-state index in [0.717, 1.165) is 0 Å². The highest BCUT2D eigenvalue weighted by atomic mass is 35.5. The number of benzene rings is 1. The van der Waals surface area contributed by atoms with E-state index in [2.05, 4.69) is 0 Å². The Kier molecular flexibility index (Phi) is 3.41. The summed E-state index contributed by atoms with van der Waals surface area (Å²) in [4.78, 5) is 11.0. The molecule has 1 unspecified atom stereocenters. The van der Waals surface area contributed by atoms with E-state index in [0.29, 0.717) is 5.02 Å². The number of rotatable bonds is 2. The van der Waals surface area contributed by atoms with Gasteiger partial charge in [-0.25, -0.2) is 0 Å². The van der Waals surface area contributed by atoms with Gasteiger partial charge >= 0.3 is 0 Å². The molecule has 0 aromatic heterocycles. The predicted octanol–water partition coefficient (Wildman–Crippen LogP) is 0.864. The summed E-state index contributed by atoms with van der Waals surface area (Å²) in [6, 6.07) is 5.88. The molecule has 1 aromatic carbocycles. The standard InChI is InChI=1S/C7H6ClNO3S/c8-6-3-1-5(2-4-6)7(10)9-13(11)12/h1-4H,(H,9,10)(H,11,12)/p-1. The van der Waals surface area contributed by atoms with Crippen LogP contribution >= 0.6 is 11.6 Å². The minimum Gasteiger partial charge on any atom is -0.755 e. The Morgan fingerprint density at radius 2 is 1.92 bits per heavy atom. The van der Waals surface area contributed by atoms with Gasteiger partial charge in [-0.1, -0.05) is 11.6 Å². The zero-order chi connectivity index (χ0) is 9.84. The summed E-state index contributed by atoms with van der Waals surface area (Å²) in [5.74, 6) is -0.676. The maximum absolute atomic E-state index is 11.0. The summed E-state index contributed by atoms with van der Waals surface area (Å²) in [6.07, 6.45) is 0.